The molecular weight excluding hydrogens is 392 g/mol. The van der Waals surface area contributed by atoms with E-state index in [2.05, 4.69) is 10.3 Å². The second-order valence-electron chi connectivity index (χ2n) is 6.96. The largest absolute Gasteiger partial charge is 0.378 e. The van der Waals surface area contributed by atoms with E-state index in [1.807, 2.05) is 30.9 Å². The Balaban J connectivity index is 1.69. The highest BCUT2D eigenvalue weighted by Gasteiger charge is 2.23. The monoisotopic (exact) mass is 412 g/mol. The summed E-state index contributed by atoms with van der Waals surface area (Å²) in [5.41, 5.74) is 3.81. The van der Waals surface area contributed by atoms with Gasteiger partial charge in [-0.25, -0.2) is 4.98 Å². The standard InChI is InChI=1S/C20H20N4O4S/c1-12-9-13(2)18-17(10-12)29-20(21-18)22-19(25)15-11-14(24(26)27)3-4-16(15)23-5-7-28-8-6-23/h3-4,9-11H,5-8H2,1-2H3,(H,21,22,25). The number of carbonyl (C=O) groups is 1. The molecule has 0 radical (unpaired) electrons. The molecule has 1 aromatic heterocycles. The number of hydrogen-bond acceptors (Lipinski definition) is 7. The van der Waals surface area contributed by atoms with Crippen molar-refractivity contribution in [1.82, 2.24) is 4.98 Å². The number of nitro groups is 1. The molecule has 0 spiro atoms. The van der Waals surface area contributed by atoms with Crippen molar-refractivity contribution in [2.45, 2.75) is 13.8 Å². The van der Waals surface area contributed by atoms with Gasteiger partial charge in [0.1, 0.15) is 0 Å². The molecule has 29 heavy (non-hydrogen) atoms. The lowest BCUT2D eigenvalue weighted by Gasteiger charge is -2.30. The molecule has 1 fully saturated rings. The Hall–Kier alpha value is -3.04. The molecule has 3 aromatic rings. The number of anilines is 2. The number of carbonyl (C=O) groups excluding carboxylic acids is 1. The summed E-state index contributed by atoms with van der Waals surface area (Å²) in [4.78, 5) is 30.3. The molecule has 0 unspecified atom stereocenters. The molecule has 4 rings (SSSR count). The molecule has 150 valence electrons. The Morgan fingerprint density at radius 3 is 2.72 bits per heavy atom. The first-order valence-electron chi connectivity index (χ1n) is 9.22. The van der Waals surface area contributed by atoms with E-state index in [9.17, 15) is 14.9 Å². The highest BCUT2D eigenvalue weighted by molar-refractivity contribution is 7.22. The van der Waals surface area contributed by atoms with Crippen molar-refractivity contribution in [3.63, 3.8) is 0 Å². The lowest BCUT2D eigenvalue weighted by molar-refractivity contribution is -0.384. The van der Waals surface area contributed by atoms with Gasteiger partial charge < -0.3 is 9.64 Å². The van der Waals surface area contributed by atoms with Gasteiger partial charge in [0.2, 0.25) is 0 Å². The van der Waals surface area contributed by atoms with E-state index in [1.165, 1.54) is 23.5 Å². The second kappa shape index (κ2) is 7.76. The minimum Gasteiger partial charge on any atom is -0.378 e. The van der Waals surface area contributed by atoms with E-state index in [0.717, 1.165) is 21.3 Å². The topological polar surface area (TPSA) is 97.6 Å². The Labute approximate surface area is 171 Å². The normalized spacial score (nSPS) is 14.2. The summed E-state index contributed by atoms with van der Waals surface area (Å²) in [6.07, 6.45) is 0. The number of aromatic nitrogens is 1. The average molecular weight is 412 g/mol. The van der Waals surface area contributed by atoms with Gasteiger partial charge in [-0.05, 0) is 37.1 Å². The van der Waals surface area contributed by atoms with Crippen molar-refractivity contribution in [2.75, 3.05) is 36.5 Å². The minimum absolute atomic E-state index is 0.122. The van der Waals surface area contributed by atoms with Crippen LogP contribution >= 0.6 is 11.3 Å². The van der Waals surface area contributed by atoms with E-state index >= 15 is 0 Å². The zero-order valence-corrected chi connectivity index (χ0v) is 16.9. The number of amides is 1. The van der Waals surface area contributed by atoms with E-state index in [-0.39, 0.29) is 11.3 Å². The Kier molecular flexibility index (Phi) is 5.16. The summed E-state index contributed by atoms with van der Waals surface area (Å²) >= 11 is 1.39. The third kappa shape index (κ3) is 3.92. The van der Waals surface area contributed by atoms with Crippen LogP contribution in [0.25, 0.3) is 10.2 Å². The summed E-state index contributed by atoms with van der Waals surface area (Å²) in [7, 11) is 0. The van der Waals surface area contributed by atoms with Crippen molar-refractivity contribution in [1.29, 1.82) is 0 Å². The quantitative estimate of drug-likeness (QED) is 0.515. The van der Waals surface area contributed by atoms with Crippen molar-refractivity contribution < 1.29 is 14.5 Å². The van der Waals surface area contributed by atoms with Crippen molar-refractivity contribution in [3.05, 3.63) is 57.1 Å². The smallest absolute Gasteiger partial charge is 0.270 e. The number of morpholine rings is 1. The summed E-state index contributed by atoms with van der Waals surface area (Å²) in [6.45, 7) is 6.35. The van der Waals surface area contributed by atoms with Crippen molar-refractivity contribution in [3.8, 4) is 0 Å². The highest BCUT2D eigenvalue weighted by Crippen LogP contribution is 2.31. The Morgan fingerprint density at radius 2 is 2.00 bits per heavy atom. The number of ether oxygens (including phenoxy) is 1. The van der Waals surface area contributed by atoms with E-state index in [1.54, 1.807) is 6.07 Å². The van der Waals surface area contributed by atoms with Crippen molar-refractivity contribution >= 4 is 44.0 Å². The van der Waals surface area contributed by atoms with Crippen LogP contribution in [0.4, 0.5) is 16.5 Å². The number of thiazole rings is 1. The number of aryl methyl sites for hydroxylation is 2. The molecule has 2 aromatic carbocycles. The first-order valence-corrected chi connectivity index (χ1v) is 10.0. The first-order chi connectivity index (χ1) is 13.9. The third-order valence-corrected chi connectivity index (χ3v) is 5.76. The average Bonchev–Trinajstić information content (AvgIpc) is 3.10. The van der Waals surface area contributed by atoms with Gasteiger partial charge in [0, 0.05) is 25.2 Å². The fraction of sp³-hybridized carbons (Fsp3) is 0.300. The maximum Gasteiger partial charge on any atom is 0.270 e. The number of benzene rings is 2. The number of non-ortho nitro benzene ring substituents is 1. The molecule has 8 nitrogen and oxygen atoms in total. The molecule has 0 saturated carbocycles. The Bertz CT molecular complexity index is 1110. The number of hydrogen-bond donors (Lipinski definition) is 1. The van der Waals surface area contributed by atoms with Gasteiger partial charge in [0.15, 0.2) is 5.13 Å². The van der Waals surface area contributed by atoms with Gasteiger partial charge in [0.25, 0.3) is 11.6 Å². The number of nitrogens with zero attached hydrogens (tertiary/aromatic N) is 3. The van der Waals surface area contributed by atoms with Gasteiger partial charge in [-0.2, -0.15) is 0 Å². The molecule has 2 heterocycles. The minimum atomic E-state index is -0.496. The van der Waals surface area contributed by atoms with Crippen LogP contribution in [0.5, 0.6) is 0 Å². The van der Waals surface area contributed by atoms with Crippen LogP contribution in [0.2, 0.25) is 0 Å². The SMILES string of the molecule is Cc1cc(C)c2nc(NC(=O)c3cc([N+](=O)[O-])ccc3N3CCOCC3)sc2c1. The third-order valence-electron chi connectivity index (χ3n) is 4.84. The summed E-state index contributed by atoms with van der Waals surface area (Å²) in [5, 5.41) is 14.5. The number of rotatable bonds is 4. The lowest BCUT2D eigenvalue weighted by Crippen LogP contribution is -2.37. The van der Waals surface area contributed by atoms with Crippen LogP contribution in [-0.2, 0) is 4.74 Å². The molecule has 0 bridgehead atoms. The number of nitrogens with one attached hydrogen (secondary N) is 1. The van der Waals surface area contributed by atoms with E-state index < -0.39 is 10.8 Å². The number of fused-ring (bicyclic) bond motifs is 1. The van der Waals surface area contributed by atoms with Gasteiger partial charge in [-0.3, -0.25) is 20.2 Å². The summed E-state index contributed by atoms with van der Waals surface area (Å²) in [6, 6.07) is 8.45. The zero-order chi connectivity index (χ0) is 20.5. The van der Waals surface area contributed by atoms with E-state index in [4.69, 9.17) is 4.74 Å². The zero-order valence-electron chi connectivity index (χ0n) is 16.1. The molecule has 9 heteroatoms. The second-order valence-corrected chi connectivity index (χ2v) is 7.99. The van der Waals surface area contributed by atoms with Gasteiger partial charge >= 0.3 is 0 Å². The molecule has 1 aliphatic heterocycles. The fourth-order valence-electron chi connectivity index (χ4n) is 3.49. The van der Waals surface area contributed by atoms with Crippen LogP contribution in [0.1, 0.15) is 21.5 Å². The molecular formula is C20H20N4O4S. The van der Waals surface area contributed by atoms with Gasteiger partial charge in [-0.1, -0.05) is 17.4 Å². The van der Waals surface area contributed by atoms with Crippen LogP contribution in [0.3, 0.4) is 0 Å². The van der Waals surface area contributed by atoms with Crippen molar-refractivity contribution in [2.24, 2.45) is 0 Å². The van der Waals surface area contributed by atoms with Crippen LogP contribution in [-0.4, -0.2) is 42.1 Å². The molecule has 1 N–H and O–H groups in total. The molecule has 1 amide bonds. The fourth-order valence-corrected chi connectivity index (χ4v) is 4.53. The van der Waals surface area contributed by atoms with Crippen LogP contribution < -0.4 is 10.2 Å². The predicted molar refractivity (Wildman–Crippen MR) is 113 cm³/mol. The summed E-state index contributed by atoms with van der Waals surface area (Å²) < 4.78 is 6.37. The van der Waals surface area contributed by atoms with Crippen LogP contribution in [0, 0.1) is 24.0 Å². The molecule has 0 aliphatic carbocycles. The predicted octanol–water partition coefficient (Wildman–Crippen LogP) is 3.91. The Morgan fingerprint density at radius 1 is 1.24 bits per heavy atom. The summed E-state index contributed by atoms with van der Waals surface area (Å²) in [5.74, 6) is -0.413. The molecule has 1 saturated heterocycles. The van der Waals surface area contributed by atoms with E-state index in [0.29, 0.717) is 37.1 Å². The maximum atomic E-state index is 13.1. The van der Waals surface area contributed by atoms with Gasteiger partial charge in [0.05, 0.1) is 39.6 Å². The first kappa shape index (κ1) is 19.3. The number of nitro benzene ring substituents is 1. The maximum absolute atomic E-state index is 13.1. The molecule has 0 atom stereocenters. The van der Waals surface area contributed by atoms with Crippen LogP contribution in [0.15, 0.2) is 30.3 Å². The van der Waals surface area contributed by atoms with Gasteiger partial charge in [-0.15, -0.1) is 0 Å². The highest BCUT2D eigenvalue weighted by atomic mass is 32.1. The lowest BCUT2D eigenvalue weighted by atomic mass is 10.1. The molecule has 1 aliphatic rings.